The minimum Gasteiger partial charge on any atom is -0.494 e. The molecule has 0 unspecified atom stereocenters. The van der Waals surface area contributed by atoms with Crippen molar-refractivity contribution in [1.29, 1.82) is 0 Å². The lowest BCUT2D eigenvalue weighted by Gasteiger charge is -2.20. The molecule has 0 saturated heterocycles. The molecule has 0 aliphatic heterocycles. The van der Waals surface area contributed by atoms with Gasteiger partial charge in [0, 0.05) is 23.7 Å². The predicted molar refractivity (Wildman–Crippen MR) is 137 cm³/mol. The molecule has 0 bridgehead atoms. The molecule has 0 aliphatic carbocycles. The lowest BCUT2D eigenvalue weighted by molar-refractivity contribution is -0.118. The van der Waals surface area contributed by atoms with Gasteiger partial charge in [0.05, 0.1) is 23.4 Å². The Bertz CT molecular complexity index is 1190. The summed E-state index contributed by atoms with van der Waals surface area (Å²) in [5.74, 6) is 1.79. The van der Waals surface area contributed by atoms with E-state index in [9.17, 15) is 4.79 Å². The Kier molecular flexibility index (Phi) is 7.96. The van der Waals surface area contributed by atoms with Crippen molar-refractivity contribution >= 4 is 44.4 Å². The summed E-state index contributed by atoms with van der Waals surface area (Å²) < 4.78 is 6.63. The third kappa shape index (κ3) is 6.33. The van der Waals surface area contributed by atoms with Gasteiger partial charge in [-0.05, 0) is 68.0 Å². The third-order valence-electron chi connectivity index (χ3n) is 5.08. The average Bonchev–Trinajstić information content (AvgIpc) is 3.25. The number of amides is 1. The maximum absolute atomic E-state index is 13.3. The molecule has 4 rings (SSSR count). The second-order valence-corrected chi connectivity index (χ2v) is 9.84. The van der Waals surface area contributed by atoms with E-state index in [1.807, 2.05) is 37.3 Å². The van der Waals surface area contributed by atoms with Gasteiger partial charge in [-0.3, -0.25) is 14.7 Å². The van der Waals surface area contributed by atoms with E-state index in [0.717, 1.165) is 33.7 Å². The monoisotopic (exact) mass is 477 g/mol. The van der Waals surface area contributed by atoms with Crippen molar-refractivity contribution in [2.45, 2.75) is 38.1 Å². The maximum atomic E-state index is 13.3. The van der Waals surface area contributed by atoms with Gasteiger partial charge in [0.25, 0.3) is 0 Å². The summed E-state index contributed by atoms with van der Waals surface area (Å²) >= 11 is 3.30. The SMILES string of the molecule is CCOc1ccc2nc(N(Cc3cccnc3)C(=O)CCCSc3ccc(C)cc3)sc2c1. The number of thioether (sulfide) groups is 1. The summed E-state index contributed by atoms with van der Waals surface area (Å²) in [6, 6.07) is 18.2. The van der Waals surface area contributed by atoms with Crippen LogP contribution in [-0.2, 0) is 11.3 Å². The van der Waals surface area contributed by atoms with Crippen molar-refractivity contribution in [3.63, 3.8) is 0 Å². The van der Waals surface area contributed by atoms with Gasteiger partial charge in [0.1, 0.15) is 5.75 Å². The maximum Gasteiger partial charge on any atom is 0.229 e. The van der Waals surface area contributed by atoms with Gasteiger partial charge in [-0.2, -0.15) is 0 Å². The summed E-state index contributed by atoms with van der Waals surface area (Å²) in [6.45, 7) is 5.12. The fraction of sp³-hybridized carbons (Fsp3) is 0.269. The van der Waals surface area contributed by atoms with Crippen LogP contribution in [0.1, 0.15) is 30.9 Å². The zero-order chi connectivity index (χ0) is 23.0. The number of aromatic nitrogens is 2. The van der Waals surface area contributed by atoms with Crippen LogP contribution < -0.4 is 9.64 Å². The molecule has 170 valence electrons. The van der Waals surface area contributed by atoms with Crippen molar-refractivity contribution in [2.24, 2.45) is 0 Å². The van der Waals surface area contributed by atoms with Crippen LogP contribution in [0.15, 0.2) is 71.9 Å². The van der Waals surface area contributed by atoms with E-state index in [0.29, 0.717) is 24.7 Å². The number of fused-ring (bicyclic) bond motifs is 1. The van der Waals surface area contributed by atoms with E-state index in [1.54, 1.807) is 29.1 Å². The van der Waals surface area contributed by atoms with Crippen LogP contribution in [0.5, 0.6) is 5.75 Å². The summed E-state index contributed by atoms with van der Waals surface area (Å²) in [5, 5.41) is 0.707. The Hall–Kier alpha value is -2.90. The molecule has 33 heavy (non-hydrogen) atoms. The van der Waals surface area contributed by atoms with E-state index >= 15 is 0 Å². The highest BCUT2D eigenvalue weighted by molar-refractivity contribution is 7.99. The van der Waals surface area contributed by atoms with Gasteiger partial charge in [-0.15, -0.1) is 11.8 Å². The second-order valence-electron chi connectivity index (χ2n) is 7.67. The van der Waals surface area contributed by atoms with E-state index in [-0.39, 0.29) is 5.91 Å². The molecule has 5 nitrogen and oxygen atoms in total. The number of pyridine rings is 1. The molecule has 0 atom stereocenters. The summed E-state index contributed by atoms with van der Waals surface area (Å²) in [6.07, 6.45) is 4.82. The van der Waals surface area contributed by atoms with Crippen molar-refractivity contribution in [3.05, 3.63) is 78.1 Å². The number of benzene rings is 2. The fourth-order valence-electron chi connectivity index (χ4n) is 3.38. The molecular formula is C26H27N3O2S2. The van der Waals surface area contributed by atoms with Crippen molar-refractivity contribution in [1.82, 2.24) is 9.97 Å². The van der Waals surface area contributed by atoms with Gasteiger partial charge < -0.3 is 4.74 Å². The Labute approximate surface area is 202 Å². The van der Waals surface area contributed by atoms with E-state index in [4.69, 9.17) is 9.72 Å². The zero-order valence-corrected chi connectivity index (χ0v) is 20.5. The lowest BCUT2D eigenvalue weighted by Crippen LogP contribution is -2.30. The molecule has 0 saturated carbocycles. The fourth-order valence-corrected chi connectivity index (χ4v) is 5.25. The standard InChI is InChI=1S/C26H27N3O2S2/c1-3-31-21-10-13-23-24(16-21)33-26(28-23)29(18-20-6-4-14-27-17-20)25(30)7-5-15-32-22-11-8-19(2)9-12-22/h4,6,8-14,16-17H,3,5,7,15,18H2,1-2H3. The van der Waals surface area contributed by atoms with E-state index in [1.165, 1.54) is 21.8 Å². The van der Waals surface area contributed by atoms with Crippen LogP contribution in [0.3, 0.4) is 0 Å². The molecule has 1 amide bonds. The number of ether oxygens (including phenoxy) is 1. The molecule has 2 aromatic carbocycles. The van der Waals surface area contributed by atoms with Crippen LogP contribution >= 0.6 is 23.1 Å². The average molecular weight is 478 g/mol. The first-order chi connectivity index (χ1) is 16.1. The van der Waals surface area contributed by atoms with Crippen LogP contribution in [0, 0.1) is 6.92 Å². The van der Waals surface area contributed by atoms with Crippen LogP contribution in [0.2, 0.25) is 0 Å². The zero-order valence-electron chi connectivity index (χ0n) is 18.9. The minimum atomic E-state index is 0.0763. The summed E-state index contributed by atoms with van der Waals surface area (Å²) in [7, 11) is 0. The number of thiazole rings is 1. The summed E-state index contributed by atoms with van der Waals surface area (Å²) in [4.78, 5) is 25.3. The van der Waals surface area contributed by atoms with Gasteiger partial charge >= 0.3 is 0 Å². The molecule has 2 aromatic heterocycles. The Morgan fingerprint density at radius 1 is 1.15 bits per heavy atom. The number of anilines is 1. The lowest BCUT2D eigenvalue weighted by atomic mass is 10.2. The van der Waals surface area contributed by atoms with Gasteiger partial charge in [-0.25, -0.2) is 4.98 Å². The first-order valence-corrected chi connectivity index (χ1v) is 12.8. The highest BCUT2D eigenvalue weighted by atomic mass is 32.2. The third-order valence-corrected chi connectivity index (χ3v) is 7.22. The number of hydrogen-bond acceptors (Lipinski definition) is 6. The Morgan fingerprint density at radius 3 is 2.76 bits per heavy atom. The topological polar surface area (TPSA) is 55.3 Å². The molecule has 7 heteroatoms. The van der Waals surface area contributed by atoms with Crippen LogP contribution in [0.4, 0.5) is 5.13 Å². The number of aryl methyl sites for hydroxylation is 1. The number of rotatable bonds is 10. The molecule has 0 spiro atoms. The first-order valence-electron chi connectivity index (χ1n) is 11.0. The van der Waals surface area contributed by atoms with E-state index in [2.05, 4.69) is 36.2 Å². The Morgan fingerprint density at radius 2 is 2.00 bits per heavy atom. The predicted octanol–water partition coefficient (Wildman–Crippen LogP) is 6.50. The highest BCUT2D eigenvalue weighted by Crippen LogP contribution is 2.33. The van der Waals surface area contributed by atoms with Gasteiger partial charge in [0.2, 0.25) is 5.91 Å². The summed E-state index contributed by atoms with van der Waals surface area (Å²) in [5.41, 5.74) is 3.11. The van der Waals surface area contributed by atoms with Gasteiger partial charge in [-0.1, -0.05) is 35.1 Å². The quantitative estimate of drug-likeness (QED) is 0.193. The van der Waals surface area contributed by atoms with Crippen LogP contribution in [0.25, 0.3) is 10.2 Å². The molecule has 0 fully saturated rings. The number of carbonyl (C=O) groups excluding carboxylic acids is 1. The van der Waals surface area contributed by atoms with Crippen molar-refractivity contribution in [3.8, 4) is 5.75 Å². The smallest absolute Gasteiger partial charge is 0.229 e. The molecule has 0 radical (unpaired) electrons. The molecule has 4 aromatic rings. The van der Waals surface area contributed by atoms with Crippen molar-refractivity contribution < 1.29 is 9.53 Å². The number of nitrogens with zero attached hydrogens (tertiary/aromatic N) is 3. The normalized spacial score (nSPS) is 11.0. The van der Waals surface area contributed by atoms with Crippen molar-refractivity contribution in [2.75, 3.05) is 17.3 Å². The number of carbonyl (C=O) groups is 1. The van der Waals surface area contributed by atoms with E-state index < -0.39 is 0 Å². The number of hydrogen-bond donors (Lipinski definition) is 0. The highest BCUT2D eigenvalue weighted by Gasteiger charge is 2.20. The second kappa shape index (κ2) is 11.3. The largest absolute Gasteiger partial charge is 0.494 e. The Balaban J connectivity index is 1.47. The van der Waals surface area contributed by atoms with Crippen LogP contribution in [-0.4, -0.2) is 28.2 Å². The molecular weight excluding hydrogens is 450 g/mol. The molecule has 0 N–H and O–H groups in total. The first kappa shape index (κ1) is 23.3. The molecule has 2 heterocycles. The van der Waals surface area contributed by atoms with Gasteiger partial charge in [0.15, 0.2) is 5.13 Å². The minimum absolute atomic E-state index is 0.0763. The molecule has 0 aliphatic rings.